The maximum absolute atomic E-state index is 5.87. The predicted octanol–water partition coefficient (Wildman–Crippen LogP) is 2.41. The van der Waals surface area contributed by atoms with Gasteiger partial charge in [-0.15, -0.1) is 0 Å². The summed E-state index contributed by atoms with van der Waals surface area (Å²) in [5.41, 5.74) is 0.0848. The van der Waals surface area contributed by atoms with Crippen molar-refractivity contribution in [1.82, 2.24) is 10.2 Å². The summed E-state index contributed by atoms with van der Waals surface area (Å²) in [7, 11) is 0. The minimum atomic E-state index is 0.0848. The number of nitrogens with zero attached hydrogens (tertiary/aromatic N) is 1. The van der Waals surface area contributed by atoms with Gasteiger partial charge in [0.2, 0.25) is 0 Å². The van der Waals surface area contributed by atoms with Gasteiger partial charge in [-0.1, -0.05) is 0 Å². The van der Waals surface area contributed by atoms with E-state index in [-0.39, 0.29) is 5.60 Å². The lowest BCUT2D eigenvalue weighted by atomic mass is 9.86. The van der Waals surface area contributed by atoms with E-state index in [0.29, 0.717) is 0 Å². The highest BCUT2D eigenvalue weighted by molar-refractivity contribution is 4.91. The van der Waals surface area contributed by atoms with E-state index in [1.807, 2.05) is 0 Å². The molecule has 3 atom stereocenters. The monoisotopic (exact) mass is 266 g/mol. The summed E-state index contributed by atoms with van der Waals surface area (Å²) in [6, 6.07) is 1.56. The summed E-state index contributed by atoms with van der Waals surface area (Å²) >= 11 is 0. The van der Waals surface area contributed by atoms with Crippen LogP contribution in [0.15, 0.2) is 0 Å². The van der Waals surface area contributed by atoms with E-state index in [1.165, 1.54) is 58.2 Å². The van der Waals surface area contributed by atoms with Gasteiger partial charge in [0, 0.05) is 25.2 Å². The molecule has 3 unspecified atom stereocenters. The zero-order chi connectivity index (χ0) is 13.3. The largest absolute Gasteiger partial charge is 0.375 e. The molecular weight excluding hydrogens is 236 g/mol. The Balaban J connectivity index is 1.58. The van der Waals surface area contributed by atoms with Crippen molar-refractivity contribution in [1.29, 1.82) is 0 Å². The fraction of sp³-hybridized carbons (Fsp3) is 1.00. The van der Waals surface area contributed by atoms with Crippen molar-refractivity contribution >= 4 is 0 Å². The van der Waals surface area contributed by atoms with E-state index in [1.54, 1.807) is 0 Å². The first kappa shape index (κ1) is 13.8. The Morgan fingerprint density at radius 3 is 2.79 bits per heavy atom. The summed E-state index contributed by atoms with van der Waals surface area (Å²) in [6.45, 7) is 9.31. The maximum atomic E-state index is 5.87. The van der Waals surface area contributed by atoms with Crippen molar-refractivity contribution in [3.63, 3.8) is 0 Å². The van der Waals surface area contributed by atoms with Gasteiger partial charge in [-0.3, -0.25) is 4.90 Å². The van der Waals surface area contributed by atoms with E-state index in [4.69, 9.17) is 4.74 Å². The molecule has 0 saturated carbocycles. The van der Waals surface area contributed by atoms with E-state index in [0.717, 1.165) is 24.6 Å². The summed E-state index contributed by atoms with van der Waals surface area (Å²) in [5.74, 6) is 0.891. The molecule has 1 N–H and O–H groups in total. The lowest BCUT2D eigenvalue weighted by molar-refractivity contribution is -0.0885. The van der Waals surface area contributed by atoms with E-state index in [2.05, 4.69) is 24.1 Å². The molecule has 0 amide bonds. The molecule has 3 rings (SSSR count). The molecule has 0 aromatic rings. The summed E-state index contributed by atoms with van der Waals surface area (Å²) in [4.78, 5) is 2.78. The van der Waals surface area contributed by atoms with Crippen LogP contribution in [0, 0.1) is 5.92 Å². The molecule has 3 saturated heterocycles. The Morgan fingerprint density at radius 2 is 2.05 bits per heavy atom. The number of piperidine rings is 1. The van der Waals surface area contributed by atoms with Crippen LogP contribution < -0.4 is 5.32 Å². The highest BCUT2D eigenvalue weighted by Crippen LogP contribution is 2.32. The van der Waals surface area contributed by atoms with Crippen molar-refractivity contribution < 1.29 is 4.74 Å². The van der Waals surface area contributed by atoms with Crippen molar-refractivity contribution in [2.24, 2.45) is 5.92 Å². The van der Waals surface area contributed by atoms with Gasteiger partial charge in [-0.05, 0) is 71.4 Å². The number of rotatable bonds is 2. The molecule has 3 nitrogen and oxygen atoms in total. The van der Waals surface area contributed by atoms with Gasteiger partial charge >= 0.3 is 0 Å². The second-order valence-electron chi connectivity index (χ2n) is 7.35. The Morgan fingerprint density at radius 1 is 1.16 bits per heavy atom. The van der Waals surface area contributed by atoms with Crippen LogP contribution in [0.4, 0.5) is 0 Å². The highest BCUT2D eigenvalue weighted by Gasteiger charge is 2.36. The molecule has 3 heterocycles. The first-order valence-corrected chi connectivity index (χ1v) is 8.25. The fourth-order valence-electron chi connectivity index (χ4n) is 4.33. The van der Waals surface area contributed by atoms with E-state index in [9.17, 15) is 0 Å². The predicted molar refractivity (Wildman–Crippen MR) is 78.4 cm³/mol. The lowest BCUT2D eigenvalue weighted by Gasteiger charge is -2.45. The molecule has 3 fully saturated rings. The van der Waals surface area contributed by atoms with Crippen LogP contribution in [0.1, 0.15) is 52.4 Å². The third-order valence-corrected chi connectivity index (χ3v) is 5.34. The third kappa shape index (κ3) is 3.32. The van der Waals surface area contributed by atoms with Crippen molar-refractivity contribution in [2.45, 2.75) is 70.1 Å². The molecule has 0 aliphatic carbocycles. The van der Waals surface area contributed by atoms with Crippen LogP contribution in [0.25, 0.3) is 0 Å². The number of ether oxygens (including phenoxy) is 1. The number of hydrogen-bond donors (Lipinski definition) is 1. The first-order valence-electron chi connectivity index (χ1n) is 8.25. The quantitative estimate of drug-likeness (QED) is 0.830. The molecule has 0 spiro atoms. The fourth-order valence-corrected chi connectivity index (χ4v) is 4.33. The Labute approximate surface area is 118 Å². The van der Waals surface area contributed by atoms with Crippen LogP contribution >= 0.6 is 0 Å². The van der Waals surface area contributed by atoms with Crippen LogP contribution in [0.2, 0.25) is 0 Å². The molecular formula is C16H30N2O. The topological polar surface area (TPSA) is 24.5 Å². The maximum Gasteiger partial charge on any atom is 0.0641 e. The second kappa shape index (κ2) is 5.71. The Hall–Kier alpha value is -0.120. The minimum absolute atomic E-state index is 0.0848. The molecule has 110 valence electrons. The van der Waals surface area contributed by atoms with Crippen LogP contribution in [-0.2, 0) is 4.74 Å². The molecule has 0 aromatic heterocycles. The van der Waals surface area contributed by atoms with Gasteiger partial charge in [0.25, 0.3) is 0 Å². The zero-order valence-electron chi connectivity index (χ0n) is 12.7. The molecule has 0 radical (unpaired) electrons. The van der Waals surface area contributed by atoms with Gasteiger partial charge in [-0.25, -0.2) is 0 Å². The van der Waals surface area contributed by atoms with Crippen LogP contribution in [-0.4, -0.2) is 48.8 Å². The van der Waals surface area contributed by atoms with Gasteiger partial charge in [-0.2, -0.15) is 0 Å². The van der Waals surface area contributed by atoms with Crippen LogP contribution in [0.5, 0.6) is 0 Å². The van der Waals surface area contributed by atoms with Gasteiger partial charge in [0.1, 0.15) is 0 Å². The third-order valence-electron chi connectivity index (χ3n) is 5.34. The van der Waals surface area contributed by atoms with E-state index >= 15 is 0 Å². The van der Waals surface area contributed by atoms with Gasteiger partial charge in [0.05, 0.1) is 5.60 Å². The lowest BCUT2D eigenvalue weighted by Crippen LogP contribution is -2.51. The Bertz CT molecular complexity index is 299. The average Bonchev–Trinajstić information content (AvgIpc) is 2.92. The van der Waals surface area contributed by atoms with E-state index < -0.39 is 0 Å². The van der Waals surface area contributed by atoms with Crippen molar-refractivity contribution in [3.8, 4) is 0 Å². The smallest absolute Gasteiger partial charge is 0.0641 e. The van der Waals surface area contributed by atoms with Crippen molar-refractivity contribution in [2.75, 3.05) is 26.2 Å². The standard InChI is InChI=1S/C16H30N2O/c1-16(2)11-14(7-10-19-16)18-9-4-5-13(12-18)15-6-3-8-17-15/h13-15,17H,3-12H2,1-2H3. The summed E-state index contributed by atoms with van der Waals surface area (Å²) in [6.07, 6.45) is 8.04. The van der Waals surface area contributed by atoms with Crippen LogP contribution in [0.3, 0.4) is 0 Å². The molecule has 3 aliphatic heterocycles. The SMILES string of the molecule is CC1(C)CC(N2CCCC(C3CCCN3)C2)CCO1. The Kier molecular flexibility index (Phi) is 4.16. The van der Waals surface area contributed by atoms with Crippen molar-refractivity contribution in [3.05, 3.63) is 0 Å². The van der Waals surface area contributed by atoms with Gasteiger partial charge < -0.3 is 10.1 Å². The minimum Gasteiger partial charge on any atom is -0.375 e. The molecule has 0 bridgehead atoms. The second-order valence-corrected chi connectivity index (χ2v) is 7.35. The molecule has 3 heteroatoms. The highest BCUT2D eigenvalue weighted by atomic mass is 16.5. The normalized spacial score (nSPS) is 40.4. The average molecular weight is 266 g/mol. The first-order chi connectivity index (χ1) is 9.14. The number of nitrogens with one attached hydrogen (secondary N) is 1. The summed E-state index contributed by atoms with van der Waals surface area (Å²) in [5, 5.41) is 3.71. The molecule has 3 aliphatic rings. The molecule has 19 heavy (non-hydrogen) atoms. The molecule has 0 aromatic carbocycles. The van der Waals surface area contributed by atoms with Gasteiger partial charge in [0.15, 0.2) is 0 Å². The number of hydrogen-bond acceptors (Lipinski definition) is 3. The summed E-state index contributed by atoms with van der Waals surface area (Å²) < 4.78 is 5.87. The zero-order valence-corrected chi connectivity index (χ0v) is 12.7. The number of likely N-dealkylation sites (tertiary alicyclic amines) is 1.